The van der Waals surface area contributed by atoms with Crippen molar-refractivity contribution in [3.05, 3.63) is 29.8 Å². The molecule has 1 heterocycles. The Kier molecular flexibility index (Phi) is 6.99. The fourth-order valence-electron chi connectivity index (χ4n) is 2.95. The van der Waals surface area contributed by atoms with Crippen molar-refractivity contribution < 1.29 is 4.79 Å². The number of rotatable bonds is 5. The zero-order valence-electron chi connectivity index (χ0n) is 12.9. The van der Waals surface area contributed by atoms with Gasteiger partial charge in [-0.1, -0.05) is 19.1 Å². The van der Waals surface area contributed by atoms with E-state index in [1.54, 1.807) is 0 Å². The predicted molar refractivity (Wildman–Crippen MR) is 89.7 cm³/mol. The van der Waals surface area contributed by atoms with Gasteiger partial charge in [0.2, 0.25) is 5.91 Å². The first kappa shape index (κ1) is 17.8. The van der Waals surface area contributed by atoms with Crippen molar-refractivity contribution in [2.75, 3.05) is 32.4 Å². The van der Waals surface area contributed by atoms with Crippen LogP contribution in [-0.2, 0) is 11.2 Å². The monoisotopic (exact) mass is 311 g/mol. The number of amides is 1. The summed E-state index contributed by atoms with van der Waals surface area (Å²) in [5.41, 5.74) is 7.45. The minimum atomic E-state index is 0. The lowest BCUT2D eigenvalue weighted by atomic mass is 10.1. The maximum Gasteiger partial charge on any atom is 0.226 e. The quantitative estimate of drug-likeness (QED) is 0.848. The van der Waals surface area contributed by atoms with E-state index in [1.807, 2.05) is 36.2 Å². The van der Waals surface area contributed by atoms with Gasteiger partial charge in [0.05, 0.1) is 6.42 Å². The van der Waals surface area contributed by atoms with Gasteiger partial charge in [-0.05, 0) is 43.6 Å². The summed E-state index contributed by atoms with van der Waals surface area (Å²) in [5, 5.41) is 0. The maximum atomic E-state index is 12.3. The Bertz CT molecular complexity index is 467. The van der Waals surface area contributed by atoms with Crippen molar-refractivity contribution in [1.82, 2.24) is 9.80 Å². The summed E-state index contributed by atoms with van der Waals surface area (Å²) in [6.07, 6.45) is 2.87. The average Bonchev–Trinajstić information content (AvgIpc) is 2.85. The molecule has 1 atom stereocenters. The van der Waals surface area contributed by atoms with Gasteiger partial charge in [-0.25, -0.2) is 0 Å². The summed E-state index contributed by atoms with van der Waals surface area (Å²) in [6, 6.07) is 8.09. The SMILES string of the molecule is CCN1CCCC1CN(C)C(=O)Cc1cccc(N)c1.Cl. The Morgan fingerprint density at radius 1 is 1.48 bits per heavy atom. The zero-order chi connectivity index (χ0) is 14.5. The van der Waals surface area contributed by atoms with Gasteiger partial charge in [-0.2, -0.15) is 0 Å². The van der Waals surface area contributed by atoms with Gasteiger partial charge >= 0.3 is 0 Å². The highest BCUT2D eigenvalue weighted by Gasteiger charge is 2.25. The second-order valence-electron chi connectivity index (χ2n) is 5.62. The zero-order valence-corrected chi connectivity index (χ0v) is 13.7. The van der Waals surface area contributed by atoms with Crippen molar-refractivity contribution >= 4 is 24.0 Å². The fraction of sp³-hybridized carbons (Fsp3) is 0.562. The Labute approximate surface area is 133 Å². The van der Waals surface area contributed by atoms with Gasteiger partial charge in [-0.15, -0.1) is 12.4 Å². The molecule has 2 rings (SSSR count). The van der Waals surface area contributed by atoms with Crippen molar-refractivity contribution in [2.45, 2.75) is 32.2 Å². The lowest BCUT2D eigenvalue weighted by Gasteiger charge is -2.27. The molecule has 0 bridgehead atoms. The highest BCUT2D eigenvalue weighted by Crippen LogP contribution is 2.17. The van der Waals surface area contributed by atoms with Crippen molar-refractivity contribution in [1.29, 1.82) is 0 Å². The highest BCUT2D eigenvalue weighted by atomic mass is 35.5. The molecule has 0 radical (unpaired) electrons. The Morgan fingerprint density at radius 2 is 2.24 bits per heavy atom. The maximum absolute atomic E-state index is 12.3. The molecule has 1 aliphatic heterocycles. The summed E-state index contributed by atoms with van der Waals surface area (Å²) in [4.78, 5) is 16.6. The summed E-state index contributed by atoms with van der Waals surface area (Å²) >= 11 is 0. The number of nitrogens with zero attached hydrogens (tertiary/aromatic N) is 2. The largest absolute Gasteiger partial charge is 0.399 e. The molecule has 1 unspecified atom stereocenters. The molecule has 0 aromatic heterocycles. The first-order valence-electron chi connectivity index (χ1n) is 7.42. The third-order valence-corrected chi connectivity index (χ3v) is 4.12. The fourth-order valence-corrected chi connectivity index (χ4v) is 2.95. The van der Waals surface area contributed by atoms with E-state index in [0.29, 0.717) is 18.2 Å². The van der Waals surface area contributed by atoms with Crippen LogP contribution >= 0.6 is 12.4 Å². The molecule has 1 fully saturated rings. The van der Waals surface area contributed by atoms with E-state index < -0.39 is 0 Å². The second-order valence-corrected chi connectivity index (χ2v) is 5.62. The molecule has 21 heavy (non-hydrogen) atoms. The van der Waals surface area contributed by atoms with Crippen LogP contribution in [0.5, 0.6) is 0 Å². The number of benzene rings is 1. The third kappa shape index (κ3) is 4.90. The molecule has 118 valence electrons. The first-order valence-corrected chi connectivity index (χ1v) is 7.42. The molecule has 5 heteroatoms. The number of anilines is 1. The minimum Gasteiger partial charge on any atom is -0.399 e. The van der Waals surface area contributed by atoms with Crippen LogP contribution < -0.4 is 5.73 Å². The van der Waals surface area contributed by atoms with Crippen LogP contribution in [0, 0.1) is 0 Å². The molecule has 2 N–H and O–H groups in total. The molecule has 1 aliphatic rings. The first-order chi connectivity index (χ1) is 9.60. The van der Waals surface area contributed by atoms with Gasteiger partial charge in [0.25, 0.3) is 0 Å². The van der Waals surface area contributed by atoms with E-state index in [-0.39, 0.29) is 18.3 Å². The van der Waals surface area contributed by atoms with Crippen LogP contribution in [0.1, 0.15) is 25.3 Å². The van der Waals surface area contributed by atoms with E-state index in [0.717, 1.165) is 18.7 Å². The number of halogens is 1. The summed E-state index contributed by atoms with van der Waals surface area (Å²) in [5.74, 6) is 0.165. The molecule has 0 spiro atoms. The van der Waals surface area contributed by atoms with E-state index >= 15 is 0 Å². The van der Waals surface area contributed by atoms with E-state index in [4.69, 9.17) is 5.73 Å². The van der Waals surface area contributed by atoms with Crippen LogP contribution in [0.4, 0.5) is 5.69 Å². The summed E-state index contributed by atoms with van der Waals surface area (Å²) in [6.45, 7) is 5.25. The van der Waals surface area contributed by atoms with Gasteiger partial charge in [0.1, 0.15) is 0 Å². The molecule has 0 saturated carbocycles. The minimum absolute atomic E-state index is 0. The Hall–Kier alpha value is -1.26. The molecule has 1 aromatic carbocycles. The van der Waals surface area contributed by atoms with Gasteiger partial charge in [0.15, 0.2) is 0 Å². The number of hydrogen-bond acceptors (Lipinski definition) is 3. The van der Waals surface area contributed by atoms with E-state index in [1.165, 1.54) is 19.4 Å². The number of likely N-dealkylation sites (N-methyl/N-ethyl adjacent to an activating group) is 2. The van der Waals surface area contributed by atoms with Crippen molar-refractivity contribution in [3.63, 3.8) is 0 Å². The van der Waals surface area contributed by atoms with Crippen LogP contribution in [0.15, 0.2) is 24.3 Å². The number of nitrogen functional groups attached to an aromatic ring is 1. The van der Waals surface area contributed by atoms with Crippen LogP contribution in [0.3, 0.4) is 0 Å². The molecular weight excluding hydrogens is 286 g/mol. The van der Waals surface area contributed by atoms with Gasteiger partial charge in [0, 0.05) is 25.3 Å². The molecule has 1 saturated heterocycles. The summed E-state index contributed by atoms with van der Waals surface area (Å²) < 4.78 is 0. The van der Waals surface area contributed by atoms with Crippen molar-refractivity contribution in [3.8, 4) is 0 Å². The average molecular weight is 312 g/mol. The number of carbonyl (C=O) groups excluding carboxylic acids is 1. The van der Waals surface area contributed by atoms with Crippen LogP contribution in [0.2, 0.25) is 0 Å². The van der Waals surface area contributed by atoms with E-state index in [2.05, 4.69) is 11.8 Å². The summed E-state index contributed by atoms with van der Waals surface area (Å²) in [7, 11) is 1.90. The molecule has 4 nitrogen and oxygen atoms in total. The lowest BCUT2D eigenvalue weighted by molar-refractivity contribution is -0.129. The van der Waals surface area contributed by atoms with Crippen LogP contribution in [0.25, 0.3) is 0 Å². The number of carbonyl (C=O) groups is 1. The Balaban J connectivity index is 0.00000220. The molecule has 1 aromatic rings. The second kappa shape index (κ2) is 8.25. The molecule has 0 aliphatic carbocycles. The third-order valence-electron chi connectivity index (χ3n) is 4.12. The standard InChI is InChI=1S/C16H25N3O.ClH/c1-3-19-9-5-8-15(19)12-18(2)16(20)11-13-6-4-7-14(17)10-13;/h4,6-7,10,15H,3,5,8-9,11-12,17H2,1-2H3;1H. The van der Waals surface area contributed by atoms with Crippen molar-refractivity contribution in [2.24, 2.45) is 0 Å². The lowest BCUT2D eigenvalue weighted by Crippen LogP contribution is -2.41. The molecular formula is C16H26ClN3O. The number of hydrogen-bond donors (Lipinski definition) is 1. The number of likely N-dealkylation sites (tertiary alicyclic amines) is 1. The van der Waals surface area contributed by atoms with Gasteiger partial charge in [-0.3, -0.25) is 9.69 Å². The Morgan fingerprint density at radius 3 is 2.90 bits per heavy atom. The van der Waals surface area contributed by atoms with Gasteiger partial charge < -0.3 is 10.6 Å². The molecule has 1 amide bonds. The predicted octanol–water partition coefficient (Wildman–Crippen LogP) is 2.18. The van der Waals surface area contributed by atoms with E-state index in [9.17, 15) is 4.79 Å². The topological polar surface area (TPSA) is 49.6 Å². The normalized spacial score (nSPS) is 18.3. The highest BCUT2D eigenvalue weighted by molar-refractivity contribution is 5.85. The number of nitrogens with two attached hydrogens (primary N) is 1. The van der Waals surface area contributed by atoms with Crippen LogP contribution in [-0.4, -0.2) is 48.4 Å². The smallest absolute Gasteiger partial charge is 0.226 e.